The molecule has 0 aromatic rings. The van der Waals surface area contributed by atoms with Crippen molar-refractivity contribution in [3.05, 3.63) is 0 Å². The Morgan fingerprint density at radius 3 is 0.714 bits per heavy atom. The molecule has 0 bridgehead atoms. The van der Waals surface area contributed by atoms with Crippen LogP contribution in [-0.2, 0) is 0 Å². The summed E-state index contributed by atoms with van der Waals surface area (Å²) in [7, 11) is -1.00. The molecule has 7 heteroatoms. The van der Waals surface area contributed by atoms with E-state index in [0.29, 0.717) is 0 Å². The van der Waals surface area contributed by atoms with Gasteiger partial charge >= 0.3 is 0 Å². The summed E-state index contributed by atoms with van der Waals surface area (Å²) in [4.78, 5) is 0. The molecule has 6 radical (unpaired) electrons. The van der Waals surface area contributed by atoms with Crippen LogP contribution in [0.1, 0.15) is 0 Å². The van der Waals surface area contributed by atoms with Gasteiger partial charge in [0.05, 0.1) is 0 Å². The molecular formula is B2O4Pb-4. The Morgan fingerprint density at radius 2 is 0.714 bits per heavy atom. The quantitative estimate of drug-likeness (QED) is 0.416. The summed E-state index contributed by atoms with van der Waals surface area (Å²) >= 11 is 0. The van der Waals surface area contributed by atoms with Crippen molar-refractivity contribution in [3.8, 4) is 0 Å². The van der Waals surface area contributed by atoms with Gasteiger partial charge in [0.2, 0.25) is 0 Å². The van der Waals surface area contributed by atoms with Crippen molar-refractivity contribution in [2.75, 3.05) is 0 Å². The third-order valence-electron chi connectivity index (χ3n) is 0. The Bertz CT molecular complexity index is 11.7. The molecule has 0 fully saturated rings. The van der Waals surface area contributed by atoms with Gasteiger partial charge in [-0.1, -0.05) is 0 Å². The van der Waals surface area contributed by atoms with Crippen molar-refractivity contribution >= 4 is 42.7 Å². The molecule has 0 N–H and O–H groups in total. The second-order valence-electron chi connectivity index (χ2n) is 0.192. The zero-order valence-corrected chi connectivity index (χ0v) is 7.18. The third kappa shape index (κ3) is 207. The first kappa shape index (κ1) is 15.7. The summed E-state index contributed by atoms with van der Waals surface area (Å²) in [6, 6.07) is 0. The van der Waals surface area contributed by atoms with Crippen LogP contribution in [0, 0.1) is 0 Å². The molecule has 0 aliphatic carbocycles. The van der Waals surface area contributed by atoms with Crippen molar-refractivity contribution in [3.63, 3.8) is 0 Å². The number of rotatable bonds is 0. The minimum Gasteiger partial charge on any atom is -0.900 e. The van der Waals surface area contributed by atoms with E-state index in [-0.39, 0.29) is 27.3 Å². The molecule has 0 rings (SSSR count). The molecule has 38 valence electrons. The molecule has 0 saturated heterocycles. The Morgan fingerprint density at radius 1 is 0.714 bits per heavy atom. The van der Waals surface area contributed by atoms with Crippen LogP contribution in [0.2, 0.25) is 0 Å². The van der Waals surface area contributed by atoms with Crippen molar-refractivity contribution in [2.45, 2.75) is 0 Å². The second-order valence-corrected chi connectivity index (χ2v) is 0.192. The summed E-state index contributed by atoms with van der Waals surface area (Å²) in [6.07, 6.45) is 0. The molecule has 7 heavy (non-hydrogen) atoms. The maximum atomic E-state index is 8.25. The first-order valence-electron chi connectivity index (χ1n) is 0.943. The Labute approximate surface area is 63.0 Å². The molecule has 0 aromatic heterocycles. The largest absolute Gasteiger partial charge is 0.900 e. The summed E-state index contributed by atoms with van der Waals surface area (Å²) < 4.78 is 0. The first-order chi connectivity index (χ1) is 2.83. The molecule has 0 spiro atoms. The van der Waals surface area contributed by atoms with Crippen LogP contribution in [0.3, 0.4) is 0 Å². The van der Waals surface area contributed by atoms with Crippen LogP contribution in [0.15, 0.2) is 0 Å². The van der Waals surface area contributed by atoms with E-state index in [2.05, 4.69) is 0 Å². The fourth-order valence-electron chi connectivity index (χ4n) is 0. The van der Waals surface area contributed by atoms with Gasteiger partial charge in [-0.25, -0.2) is 15.4 Å². The average Bonchev–Trinajstić information content (AvgIpc) is 1.39. The van der Waals surface area contributed by atoms with Crippen LogP contribution in [0.25, 0.3) is 0 Å². The monoisotopic (exact) mass is 294 g/mol. The first-order valence-corrected chi connectivity index (χ1v) is 0.943. The fraction of sp³-hybridized carbons (Fsp3) is 0. The Balaban J connectivity index is -0.0000000400. The molecule has 0 aliphatic heterocycles. The Hall–Kier alpha value is 0.892. The molecule has 0 amide bonds. The summed E-state index contributed by atoms with van der Waals surface area (Å²) in [5.74, 6) is 0. The molecule has 0 unspecified atom stereocenters. The van der Waals surface area contributed by atoms with E-state index in [1.807, 2.05) is 0 Å². The van der Waals surface area contributed by atoms with Gasteiger partial charge in [-0.3, -0.25) is 0 Å². The van der Waals surface area contributed by atoms with E-state index < -0.39 is 15.4 Å². The van der Waals surface area contributed by atoms with Gasteiger partial charge in [0.25, 0.3) is 0 Å². The van der Waals surface area contributed by atoms with E-state index in [1.165, 1.54) is 0 Å². The van der Waals surface area contributed by atoms with Crippen LogP contribution in [0.5, 0.6) is 0 Å². The molecule has 0 saturated carbocycles. The smallest absolute Gasteiger partial charge is 0 e. The molecule has 0 heterocycles. The van der Waals surface area contributed by atoms with Crippen molar-refractivity contribution in [1.82, 2.24) is 0 Å². The van der Waals surface area contributed by atoms with E-state index in [9.17, 15) is 0 Å². The maximum absolute atomic E-state index is 8.25. The second kappa shape index (κ2) is 28.6. The van der Waals surface area contributed by atoms with E-state index in [0.717, 1.165) is 0 Å². The minimum atomic E-state index is -0.500. The summed E-state index contributed by atoms with van der Waals surface area (Å²) in [5, 5.41) is 33.0. The van der Waals surface area contributed by atoms with E-state index in [1.54, 1.807) is 0 Å². The van der Waals surface area contributed by atoms with Crippen LogP contribution in [-0.4, -0.2) is 42.7 Å². The third-order valence-corrected chi connectivity index (χ3v) is 0. The predicted octanol–water partition coefficient (Wildman–Crippen LogP) is -5.90. The van der Waals surface area contributed by atoms with Crippen molar-refractivity contribution in [1.29, 1.82) is 0 Å². The van der Waals surface area contributed by atoms with Crippen molar-refractivity contribution < 1.29 is 20.1 Å². The molecular weight excluding hydrogens is 293 g/mol. The van der Waals surface area contributed by atoms with Crippen LogP contribution < -0.4 is 20.1 Å². The standard InChI is InChI=1S/2BO2.Pb/c2*2-1-3;/q2*-2;. The zero-order chi connectivity index (χ0) is 5.41. The molecule has 0 aromatic carbocycles. The number of hydrogen-bond donors (Lipinski definition) is 0. The van der Waals surface area contributed by atoms with Gasteiger partial charge in [-0.2, -0.15) is 0 Å². The van der Waals surface area contributed by atoms with Gasteiger partial charge in [-0.05, 0) is 0 Å². The fourth-order valence-corrected chi connectivity index (χ4v) is 0. The van der Waals surface area contributed by atoms with Gasteiger partial charge in [0.15, 0.2) is 0 Å². The Kier molecular flexibility index (Phi) is 64.0. The average molecular weight is 293 g/mol. The molecule has 0 aliphatic rings. The summed E-state index contributed by atoms with van der Waals surface area (Å²) in [5.41, 5.74) is 0. The SMILES string of the molecule is [O-][B][O-].[O-][B][O-].[Pb]. The van der Waals surface area contributed by atoms with Gasteiger partial charge in [0, 0.05) is 27.3 Å². The maximum Gasteiger partial charge on any atom is 0 e. The zero-order valence-electron chi connectivity index (χ0n) is 3.29. The topological polar surface area (TPSA) is 92.2 Å². The summed E-state index contributed by atoms with van der Waals surface area (Å²) in [6.45, 7) is 0. The van der Waals surface area contributed by atoms with Crippen LogP contribution in [0.4, 0.5) is 0 Å². The van der Waals surface area contributed by atoms with Crippen molar-refractivity contribution in [2.24, 2.45) is 0 Å². The van der Waals surface area contributed by atoms with E-state index in [4.69, 9.17) is 20.1 Å². The normalized spacial score (nSPS) is 4.00. The molecule has 0 atom stereocenters. The van der Waals surface area contributed by atoms with Crippen LogP contribution >= 0.6 is 0 Å². The molecule has 4 nitrogen and oxygen atoms in total. The van der Waals surface area contributed by atoms with Gasteiger partial charge in [0.1, 0.15) is 0 Å². The van der Waals surface area contributed by atoms with E-state index >= 15 is 0 Å². The van der Waals surface area contributed by atoms with Gasteiger partial charge in [-0.15, -0.1) is 0 Å². The number of hydrogen-bond acceptors (Lipinski definition) is 4. The van der Waals surface area contributed by atoms with Gasteiger partial charge < -0.3 is 20.1 Å². The minimum absolute atomic E-state index is 0. The predicted molar refractivity (Wildman–Crippen MR) is 17.3 cm³/mol.